The van der Waals surface area contributed by atoms with Crippen LogP contribution in [0.4, 0.5) is 14.5 Å². The largest absolute Gasteiger partial charge is 0.382 e. The summed E-state index contributed by atoms with van der Waals surface area (Å²) in [6.07, 6.45) is 0. The zero-order valence-corrected chi connectivity index (χ0v) is 10.8. The van der Waals surface area contributed by atoms with E-state index in [9.17, 15) is 18.4 Å². The predicted molar refractivity (Wildman–Crippen MR) is 65.7 cm³/mol. The summed E-state index contributed by atoms with van der Waals surface area (Å²) in [4.78, 5) is 24.5. The molecule has 0 N–H and O–H groups in total. The number of benzene rings is 1. The van der Waals surface area contributed by atoms with Crippen LogP contribution in [0.15, 0.2) is 12.1 Å². The molecular weight excluding hydrogens is 272 g/mol. The van der Waals surface area contributed by atoms with Gasteiger partial charge >= 0.3 is 0 Å². The molecule has 1 aliphatic heterocycles. The molecule has 1 heterocycles. The molecule has 1 amide bonds. The number of halogens is 2. The molecule has 0 atom stereocenters. The van der Waals surface area contributed by atoms with Crippen molar-refractivity contribution in [2.75, 3.05) is 38.4 Å². The number of rotatable bonds is 6. The molecule has 0 aromatic heterocycles. The van der Waals surface area contributed by atoms with Gasteiger partial charge in [0.1, 0.15) is 0 Å². The van der Waals surface area contributed by atoms with Crippen LogP contribution in [0.25, 0.3) is 0 Å². The zero-order valence-electron chi connectivity index (χ0n) is 10.8. The van der Waals surface area contributed by atoms with Crippen LogP contribution in [0.3, 0.4) is 0 Å². The molecular formula is C13H13F2NO4. The maximum Gasteiger partial charge on any atom is 0.299 e. The van der Waals surface area contributed by atoms with Gasteiger partial charge in [0, 0.05) is 19.7 Å². The summed E-state index contributed by atoms with van der Waals surface area (Å²) < 4.78 is 36.3. The van der Waals surface area contributed by atoms with Crippen LogP contribution in [0.5, 0.6) is 0 Å². The standard InChI is InChI=1S/C13H13F2NO4/c1-19-4-5-20-3-2-16-11-7-10(15)9(14)6-8(11)12(17)13(16)18/h6-7H,2-5H2,1H3. The lowest BCUT2D eigenvalue weighted by molar-refractivity contribution is -0.114. The van der Waals surface area contributed by atoms with E-state index in [1.807, 2.05) is 0 Å². The Hall–Kier alpha value is -1.86. The molecule has 0 saturated heterocycles. The highest BCUT2D eigenvalue weighted by Crippen LogP contribution is 2.30. The maximum absolute atomic E-state index is 13.2. The van der Waals surface area contributed by atoms with Crippen LogP contribution < -0.4 is 4.90 Å². The molecule has 1 aromatic rings. The number of carbonyl (C=O) groups excluding carboxylic acids is 2. The van der Waals surface area contributed by atoms with E-state index in [2.05, 4.69) is 0 Å². The first kappa shape index (κ1) is 14.5. The van der Waals surface area contributed by atoms with Gasteiger partial charge in [0.25, 0.3) is 11.7 Å². The molecule has 1 aliphatic rings. The number of hydrogen-bond donors (Lipinski definition) is 0. The number of anilines is 1. The third-order valence-corrected chi connectivity index (χ3v) is 2.90. The second-order valence-corrected chi connectivity index (χ2v) is 4.17. The zero-order chi connectivity index (χ0) is 14.7. The van der Waals surface area contributed by atoms with E-state index in [4.69, 9.17) is 9.47 Å². The van der Waals surface area contributed by atoms with Gasteiger partial charge < -0.3 is 14.4 Å². The number of nitrogens with zero attached hydrogens (tertiary/aromatic N) is 1. The van der Waals surface area contributed by atoms with Crippen molar-refractivity contribution in [3.05, 3.63) is 29.3 Å². The van der Waals surface area contributed by atoms with E-state index in [-0.39, 0.29) is 24.4 Å². The van der Waals surface area contributed by atoms with Crippen LogP contribution in [0, 0.1) is 11.6 Å². The van der Waals surface area contributed by atoms with E-state index in [0.717, 1.165) is 17.0 Å². The molecule has 7 heteroatoms. The van der Waals surface area contributed by atoms with Crippen molar-refractivity contribution in [3.8, 4) is 0 Å². The number of carbonyl (C=O) groups is 2. The molecule has 0 radical (unpaired) electrons. The van der Waals surface area contributed by atoms with Gasteiger partial charge in [0.05, 0.1) is 31.1 Å². The highest BCUT2D eigenvalue weighted by molar-refractivity contribution is 6.52. The van der Waals surface area contributed by atoms with Gasteiger partial charge in [-0.05, 0) is 6.07 Å². The minimum absolute atomic E-state index is 0.0780. The summed E-state index contributed by atoms with van der Waals surface area (Å²) in [6.45, 7) is 1.01. The molecule has 0 unspecified atom stereocenters. The first-order chi connectivity index (χ1) is 9.56. The Morgan fingerprint density at radius 2 is 1.80 bits per heavy atom. The van der Waals surface area contributed by atoms with E-state index in [0.29, 0.717) is 13.2 Å². The molecule has 20 heavy (non-hydrogen) atoms. The third kappa shape index (κ3) is 2.68. The Morgan fingerprint density at radius 1 is 1.10 bits per heavy atom. The highest BCUT2D eigenvalue weighted by Gasteiger charge is 2.36. The van der Waals surface area contributed by atoms with Crippen molar-refractivity contribution in [2.24, 2.45) is 0 Å². The predicted octanol–water partition coefficient (Wildman–Crippen LogP) is 1.16. The van der Waals surface area contributed by atoms with Crippen LogP contribution in [0.1, 0.15) is 10.4 Å². The van der Waals surface area contributed by atoms with Gasteiger partial charge in [-0.15, -0.1) is 0 Å². The summed E-state index contributed by atoms with van der Waals surface area (Å²) in [6, 6.07) is 1.60. The van der Waals surface area contributed by atoms with E-state index < -0.39 is 23.3 Å². The number of Topliss-reactive ketones (excluding diaryl/α,β-unsaturated/α-hetero) is 1. The smallest absolute Gasteiger partial charge is 0.299 e. The Labute approximate surface area is 114 Å². The van der Waals surface area contributed by atoms with Gasteiger partial charge in [0.15, 0.2) is 11.6 Å². The van der Waals surface area contributed by atoms with Crippen molar-refractivity contribution in [3.63, 3.8) is 0 Å². The Morgan fingerprint density at radius 3 is 2.50 bits per heavy atom. The number of ketones is 1. The lowest BCUT2D eigenvalue weighted by Crippen LogP contribution is -2.33. The Bertz CT molecular complexity index is 547. The van der Waals surface area contributed by atoms with Crippen molar-refractivity contribution >= 4 is 17.4 Å². The van der Waals surface area contributed by atoms with Crippen molar-refractivity contribution in [1.82, 2.24) is 0 Å². The fraction of sp³-hybridized carbons (Fsp3) is 0.385. The van der Waals surface area contributed by atoms with Crippen molar-refractivity contribution in [2.45, 2.75) is 0 Å². The number of amides is 1. The SMILES string of the molecule is COCCOCCN1C(=O)C(=O)c2cc(F)c(F)cc21. The van der Waals surface area contributed by atoms with E-state index in [1.54, 1.807) is 0 Å². The lowest BCUT2D eigenvalue weighted by Gasteiger charge is -2.16. The molecule has 0 saturated carbocycles. The molecule has 0 spiro atoms. The van der Waals surface area contributed by atoms with Gasteiger partial charge in [-0.25, -0.2) is 8.78 Å². The molecule has 108 valence electrons. The van der Waals surface area contributed by atoms with Crippen LogP contribution in [0.2, 0.25) is 0 Å². The fourth-order valence-corrected chi connectivity index (χ4v) is 1.91. The third-order valence-electron chi connectivity index (χ3n) is 2.90. The number of hydrogen-bond acceptors (Lipinski definition) is 4. The first-order valence-corrected chi connectivity index (χ1v) is 5.98. The minimum Gasteiger partial charge on any atom is -0.382 e. The van der Waals surface area contributed by atoms with Gasteiger partial charge in [-0.2, -0.15) is 0 Å². The summed E-state index contributed by atoms with van der Waals surface area (Å²) in [5.41, 5.74) is -0.0416. The maximum atomic E-state index is 13.2. The normalized spacial score (nSPS) is 14.1. The quantitative estimate of drug-likeness (QED) is 0.581. The average molecular weight is 285 g/mol. The molecule has 1 aromatic carbocycles. The average Bonchev–Trinajstić information content (AvgIpc) is 2.64. The van der Waals surface area contributed by atoms with Gasteiger partial charge in [-0.3, -0.25) is 9.59 Å². The van der Waals surface area contributed by atoms with E-state index >= 15 is 0 Å². The van der Waals surface area contributed by atoms with Crippen LogP contribution in [-0.2, 0) is 14.3 Å². The van der Waals surface area contributed by atoms with Crippen molar-refractivity contribution < 1.29 is 27.8 Å². The summed E-state index contributed by atoms with van der Waals surface area (Å²) in [7, 11) is 1.53. The second kappa shape index (κ2) is 6.06. The van der Waals surface area contributed by atoms with Gasteiger partial charge in [0.2, 0.25) is 0 Å². The fourth-order valence-electron chi connectivity index (χ4n) is 1.91. The molecule has 5 nitrogen and oxygen atoms in total. The number of fused-ring (bicyclic) bond motifs is 1. The van der Waals surface area contributed by atoms with Gasteiger partial charge in [-0.1, -0.05) is 0 Å². The topological polar surface area (TPSA) is 55.8 Å². The number of ether oxygens (including phenoxy) is 2. The minimum atomic E-state index is -1.15. The summed E-state index contributed by atoms with van der Waals surface area (Å²) in [5.74, 6) is -3.89. The lowest BCUT2D eigenvalue weighted by atomic mass is 10.1. The summed E-state index contributed by atoms with van der Waals surface area (Å²) >= 11 is 0. The van der Waals surface area contributed by atoms with Crippen LogP contribution >= 0.6 is 0 Å². The van der Waals surface area contributed by atoms with Crippen LogP contribution in [-0.4, -0.2) is 45.2 Å². The van der Waals surface area contributed by atoms with E-state index in [1.165, 1.54) is 7.11 Å². The highest BCUT2D eigenvalue weighted by atomic mass is 19.2. The number of methoxy groups -OCH3 is 1. The molecule has 0 fully saturated rings. The summed E-state index contributed by atoms with van der Waals surface area (Å²) in [5, 5.41) is 0. The molecule has 2 rings (SSSR count). The first-order valence-electron chi connectivity index (χ1n) is 5.98. The Kier molecular flexibility index (Phi) is 4.41. The second-order valence-electron chi connectivity index (χ2n) is 4.17. The molecule has 0 aliphatic carbocycles. The monoisotopic (exact) mass is 285 g/mol. The molecule has 0 bridgehead atoms. The Balaban J connectivity index is 2.10. The van der Waals surface area contributed by atoms with Crippen molar-refractivity contribution in [1.29, 1.82) is 0 Å².